The Labute approximate surface area is 156 Å². The van der Waals surface area contributed by atoms with Crippen LogP contribution in [0.1, 0.15) is 24.5 Å². The molecule has 0 saturated carbocycles. The van der Waals surface area contributed by atoms with Gasteiger partial charge in [0, 0.05) is 21.6 Å². The Morgan fingerprint density at radius 1 is 1.30 bits per heavy atom. The van der Waals surface area contributed by atoms with Crippen molar-refractivity contribution in [3.63, 3.8) is 0 Å². The molecule has 6 heteroatoms. The van der Waals surface area contributed by atoms with Gasteiger partial charge in [0.1, 0.15) is 23.9 Å². The fourth-order valence-electron chi connectivity index (χ4n) is 1.86. The lowest BCUT2D eigenvalue weighted by Gasteiger charge is -2.14. The predicted octanol–water partition coefficient (Wildman–Crippen LogP) is 5.40. The third-order valence-electron chi connectivity index (χ3n) is 3.17. The first-order valence-corrected chi connectivity index (χ1v) is 8.86. The molecule has 0 N–H and O–H groups in total. The van der Waals surface area contributed by atoms with Gasteiger partial charge in [-0.25, -0.2) is 4.39 Å². The van der Waals surface area contributed by atoms with Gasteiger partial charge in [0.15, 0.2) is 0 Å². The molecular formula is C17H15BrFIO3. The van der Waals surface area contributed by atoms with E-state index in [9.17, 15) is 9.18 Å². The first-order chi connectivity index (χ1) is 10.9. The predicted molar refractivity (Wildman–Crippen MR) is 98.3 cm³/mol. The van der Waals surface area contributed by atoms with Gasteiger partial charge in [0.2, 0.25) is 0 Å². The van der Waals surface area contributed by atoms with Crippen LogP contribution in [-0.2, 0) is 11.4 Å². The monoisotopic (exact) mass is 492 g/mol. The Hall–Kier alpha value is -1.15. The number of benzene rings is 2. The molecule has 0 aliphatic carbocycles. The smallest absolute Gasteiger partial charge is 0.310 e. The van der Waals surface area contributed by atoms with Crippen molar-refractivity contribution < 1.29 is 18.7 Å². The molecule has 2 aromatic rings. The van der Waals surface area contributed by atoms with Gasteiger partial charge in [-0.1, -0.05) is 13.0 Å². The SMILES string of the molecule is CCC(=O)Oc1cccc(I)c1COc1cc(F)c(C)cc1Br. The zero-order valence-electron chi connectivity index (χ0n) is 12.7. The van der Waals surface area contributed by atoms with Gasteiger partial charge in [-0.15, -0.1) is 0 Å². The molecule has 3 nitrogen and oxygen atoms in total. The molecule has 0 heterocycles. The van der Waals surface area contributed by atoms with Crippen LogP contribution in [0.2, 0.25) is 0 Å². The summed E-state index contributed by atoms with van der Waals surface area (Å²) in [5.74, 6) is 0.229. The average Bonchev–Trinajstić information content (AvgIpc) is 2.51. The summed E-state index contributed by atoms with van der Waals surface area (Å²) in [5, 5.41) is 0. The van der Waals surface area contributed by atoms with Crippen molar-refractivity contribution in [1.82, 2.24) is 0 Å². The van der Waals surface area contributed by atoms with Crippen LogP contribution in [-0.4, -0.2) is 5.97 Å². The molecule has 23 heavy (non-hydrogen) atoms. The van der Waals surface area contributed by atoms with Crippen molar-refractivity contribution in [2.75, 3.05) is 0 Å². The summed E-state index contributed by atoms with van der Waals surface area (Å²) in [5.41, 5.74) is 1.29. The third-order valence-corrected chi connectivity index (χ3v) is 4.80. The van der Waals surface area contributed by atoms with E-state index in [1.54, 1.807) is 26.0 Å². The van der Waals surface area contributed by atoms with Crippen LogP contribution in [0.25, 0.3) is 0 Å². The fraction of sp³-hybridized carbons (Fsp3) is 0.235. The first-order valence-electron chi connectivity index (χ1n) is 6.99. The molecule has 0 fully saturated rings. The number of halogens is 3. The van der Waals surface area contributed by atoms with Crippen molar-refractivity contribution in [3.8, 4) is 11.5 Å². The van der Waals surface area contributed by atoms with Gasteiger partial charge in [-0.2, -0.15) is 0 Å². The van der Waals surface area contributed by atoms with E-state index in [-0.39, 0.29) is 18.4 Å². The van der Waals surface area contributed by atoms with E-state index in [2.05, 4.69) is 38.5 Å². The lowest BCUT2D eigenvalue weighted by atomic mass is 10.2. The summed E-state index contributed by atoms with van der Waals surface area (Å²) >= 11 is 5.52. The third kappa shape index (κ3) is 4.67. The van der Waals surface area contributed by atoms with Crippen molar-refractivity contribution in [2.45, 2.75) is 26.9 Å². The van der Waals surface area contributed by atoms with E-state index >= 15 is 0 Å². The van der Waals surface area contributed by atoms with Gasteiger partial charge < -0.3 is 9.47 Å². The Balaban J connectivity index is 2.23. The Bertz CT molecular complexity index is 734. The minimum absolute atomic E-state index is 0.173. The van der Waals surface area contributed by atoms with Gasteiger partial charge in [-0.3, -0.25) is 4.79 Å². The first kappa shape index (κ1) is 18.2. The van der Waals surface area contributed by atoms with Crippen molar-refractivity contribution in [2.24, 2.45) is 0 Å². The number of carbonyl (C=O) groups is 1. The number of hydrogen-bond acceptors (Lipinski definition) is 3. The number of carbonyl (C=O) groups excluding carboxylic acids is 1. The highest BCUT2D eigenvalue weighted by Gasteiger charge is 2.13. The number of aryl methyl sites for hydroxylation is 1. The Kier molecular flexibility index (Phi) is 6.41. The summed E-state index contributed by atoms with van der Waals surface area (Å²) in [6, 6.07) is 8.43. The number of esters is 1. The van der Waals surface area contributed by atoms with Crippen LogP contribution in [0.4, 0.5) is 4.39 Å². The molecule has 0 saturated heterocycles. The van der Waals surface area contributed by atoms with Gasteiger partial charge in [0.05, 0.1) is 4.47 Å². The number of hydrogen-bond donors (Lipinski definition) is 0. The summed E-state index contributed by atoms with van der Waals surface area (Å²) in [6.45, 7) is 3.59. The van der Waals surface area contributed by atoms with Crippen LogP contribution in [0.3, 0.4) is 0 Å². The molecule has 2 aromatic carbocycles. The molecule has 0 bridgehead atoms. The van der Waals surface area contributed by atoms with Crippen LogP contribution in [0.15, 0.2) is 34.8 Å². The molecule has 0 aliphatic rings. The van der Waals surface area contributed by atoms with Crippen LogP contribution in [0.5, 0.6) is 11.5 Å². The lowest BCUT2D eigenvalue weighted by Crippen LogP contribution is -2.09. The molecule has 0 radical (unpaired) electrons. The molecule has 0 spiro atoms. The van der Waals surface area contributed by atoms with E-state index in [0.29, 0.717) is 28.0 Å². The van der Waals surface area contributed by atoms with Gasteiger partial charge >= 0.3 is 5.97 Å². The van der Waals surface area contributed by atoms with Crippen molar-refractivity contribution in [1.29, 1.82) is 0 Å². The summed E-state index contributed by atoms with van der Waals surface area (Å²) in [7, 11) is 0. The normalized spacial score (nSPS) is 10.5. The molecule has 0 aromatic heterocycles. The second-order valence-corrected chi connectivity index (χ2v) is 6.88. The standard InChI is InChI=1S/C17H15BrFIO3/c1-3-17(21)23-15-6-4-5-14(20)11(15)9-22-16-8-13(19)10(2)7-12(16)18/h4-8H,3,9H2,1-2H3. The Morgan fingerprint density at radius 3 is 2.74 bits per heavy atom. The second-order valence-electron chi connectivity index (χ2n) is 4.86. The van der Waals surface area contributed by atoms with Gasteiger partial charge in [-0.05, 0) is 69.2 Å². The van der Waals surface area contributed by atoms with Crippen LogP contribution in [0, 0.1) is 16.3 Å². The minimum atomic E-state index is -0.330. The molecule has 122 valence electrons. The second kappa shape index (κ2) is 8.10. The quantitative estimate of drug-likeness (QED) is 0.318. The van der Waals surface area contributed by atoms with Gasteiger partial charge in [0.25, 0.3) is 0 Å². The average molecular weight is 493 g/mol. The molecule has 0 aliphatic heterocycles. The Morgan fingerprint density at radius 2 is 2.04 bits per heavy atom. The van der Waals surface area contributed by atoms with Crippen molar-refractivity contribution in [3.05, 3.63) is 55.3 Å². The molecule has 0 unspecified atom stereocenters. The molecule has 0 atom stereocenters. The maximum atomic E-state index is 13.7. The topological polar surface area (TPSA) is 35.5 Å². The molecule has 2 rings (SSSR count). The highest BCUT2D eigenvalue weighted by atomic mass is 127. The summed E-state index contributed by atoms with van der Waals surface area (Å²) in [4.78, 5) is 11.5. The van der Waals surface area contributed by atoms with Crippen molar-refractivity contribution >= 4 is 44.5 Å². The molecular weight excluding hydrogens is 478 g/mol. The van der Waals surface area contributed by atoms with E-state index < -0.39 is 0 Å². The van der Waals surface area contributed by atoms with Crippen LogP contribution >= 0.6 is 38.5 Å². The van der Waals surface area contributed by atoms with E-state index in [0.717, 1.165) is 9.13 Å². The summed E-state index contributed by atoms with van der Waals surface area (Å²) < 4.78 is 26.3. The molecule has 0 amide bonds. The zero-order chi connectivity index (χ0) is 17.0. The minimum Gasteiger partial charge on any atom is -0.487 e. The van der Waals surface area contributed by atoms with E-state index in [1.165, 1.54) is 6.07 Å². The maximum Gasteiger partial charge on any atom is 0.310 e. The summed E-state index contributed by atoms with van der Waals surface area (Å²) in [6.07, 6.45) is 0.292. The lowest BCUT2D eigenvalue weighted by molar-refractivity contribution is -0.134. The van der Waals surface area contributed by atoms with E-state index in [4.69, 9.17) is 9.47 Å². The maximum absolute atomic E-state index is 13.7. The van der Waals surface area contributed by atoms with Crippen LogP contribution < -0.4 is 9.47 Å². The fourth-order valence-corrected chi connectivity index (χ4v) is 3.06. The highest BCUT2D eigenvalue weighted by molar-refractivity contribution is 14.1. The van der Waals surface area contributed by atoms with E-state index in [1.807, 2.05) is 12.1 Å². The highest BCUT2D eigenvalue weighted by Crippen LogP contribution is 2.31. The number of ether oxygens (including phenoxy) is 2. The largest absolute Gasteiger partial charge is 0.487 e. The number of rotatable bonds is 5. The zero-order valence-corrected chi connectivity index (χ0v) is 16.4.